The Morgan fingerprint density at radius 2 is 2.00 bits per heavy atom. The summed E-state index contributed by atoms with van der Waals surface area (Å²) in [6.45, 7) is 8.18. The molecule has 2 N–H and O–H groups in total. The monoisotopic (exact) mass is 257 g/mol. The van der Waals surface area contributed by atoms with Gasteiger partial charge in [0.05, 0.1) is 19.6 Å². The van der Waals surface area contributed by atoms with Crippen LogP contribution in [0.15, 0.2) is 4.99 Å². The van der Waals surface area contributed by atoms with Crippen molar-refractivity contribution in [3.05, 3.63) is 0 Å². The van der Waals surface area contributed by atoms with E-state index in [0.717, 1.165) is 25.5 Å². The maximum atomic E-state index is 11.2. The smallest absolute Gasteiger partial charge is 0.310 e. The van der Waals surface area contributed by atoms with Gasteiger partial charge in [-0.1, -0.05) is 26.7 Å². The molecule has 0 fully saturated rings. The maximum absolute atomic E-state index is 11.2. The second kappa shape index (κ2) is 10.9. The molecule has 0 rings (SSSR count). The van der Waals surface area contributed by atoms with Gasteiger partial charge in [-0.15, -0.1) is 0 Å². The minimum absolute atomic E-state index is 0.207. The molecule has 5 heteroatoms. The number of nitrogens with one attached hydrogen (secondary N) is 2. The third kappa shape index (κ3) is 7.92. The zero-order chi connectivity index (χ0) is 13.8. The lowest BCUT2D eigenvalue weighted by atomic mass is 10.2. The first-order valence-corrected chi connectivity index (χ1v) is 6.75. The first kappa shape index (κ1) is 16.7. The average molecular weight is 257 g/mol. The van der Waals surface area contributed by atoms with Crippen LogP contribution < -0.4 is 10.6 Å². The molecule has 0 aliphatic heterocycles. The van der Waals surface area contributed by atoms with Gasteiger partial charge >= 0.3 is 5.97 Å². The fourth-order valence-corrected chi connectivity index (χ4v) is 1.43. The van der Waals surface area contributed by atoms with Gasteiger partial charge in [0.1, 0.15) is 0 Å². The molecule has 106 valence electrons. The van der Waals surface area contributed by atoms with Crippen molar-refractivity contribution < 1.29 is 9.53 Å². The van der Waals surface area contributed by atoms with Gasteiger partial charge in [-0.25, -0.2) is 0 Å². The van der Waals surface area contributed by atoms with E-state index in [9.17, 15) is 4.79 Å². The summed E-state index contributed by atoms with van der Waals surface area (Å²) in [6.07, 6.45) is 3.55. The number of nitrogens with zero attached hydrogens (tertiary/aromatic N) is 1. The van der Waals surface area contributed by atoms with Crippen molar-refractivity contribution in [2.24, 2.45) is 10.9 Å². The number of carbonyl (C=O) groups is 1. The zero-order valence-corrected chi connectivity index (χ0v) is 12.1. The number of guanidine groups is 1. The predicted molar refractivity (Wildman–Crippen MR) is 74.7 cm³/mol. The summed E-state index contributed by atoms with van der Waals surface area (Å²) in [6, 6.07) is 0. The average Bonchev–Trinajstić information content (AvgIpc) is 2.39. The van der Waals surface area contributed by atoms with Gasteiger partial charge in [0.2, 0.25) is 0 Å². The van der Waals surface area contributed by atoms with Crippen molar-refractivity contribution in [1.82, 2.24) is 10.6 Å². The first-order chi connectivity index (χ1) is 8.65. The van der Waals surface area contributed by atoms with E-state index in [1.807, 2.05) is 13.8 Å². The molecule has 0 spiro atoms. The minimum Gasteiger partial charge on any atom is -0.469 e. The molecule has 0 saturated heterocycles. The summed E-state index contributed by atoms with van der Waals surface area (Å²) in [5.41, 5.74) is 0. The van der Waals surface area contributed by atoms with Crippen molar-refractivity contribution in [2.75, 3.05) is 26.7 Å². The van der Waals surface area contributed by atoms with Crippen LogP contribution in [0.5, 0.6) is 0 Å². The molecule has 0 aromatic carbocycles. The highest BCUT2D eigenvalue weighted by atomic mass is 16.5. The van der Waals surface area contributed by atoms with E-state index < -0.39 is 0 Å². The molecule has 0 aliphatic carbocycles. The van der Waals surface area contributed by atoms with E-state index in [4.69, 9.17) is 0 Å². The highest BCUT2D eigenvalue weighted by Gasteiger charge is 2.12. The van der Waals surface area contributed by atoms with Crippen LogP contribution in [0.1, 0.15) is 40.0 Å². The van der Waals surface area contributed by atoms with Crippen molar-refractivity contribution in [1.29, 1.82) is 0 Å². The van der Waals surface area contributed by atoms with E-state index in [2.05, 4.69) is 27.3 Å². The molecule has 0 radical (unpaired) electrons. The number of carbonyl (C=O) groups excluding carboxylic acids is 1. The lowest BCUT2D eigenvalue weighted by Gasteiger charge is -2.12. The van der Waals surface area contributed by atoms with Gasteiger partial charge in [-0.05, 0) is 13.3 Å². The van der Waals surface area contributed by atoms with Gasteiger partial charge in [0.25, 0.3) is 0 Å². The fourth-order valence-electron chi connectivity index (χ4n) is 1.43. The SMILES string of the molecule is CCCCCNC(=NCC(C)C(=O)OC)NCC. The second-order valence-electron chi connectivity index (χ2n) is 4.28. The topological polar surface area (TPSA) is 62.7 Å². The maximum Gasteiger partial charge on any atom is 0.310 e. The van der Waals surface area contributed by atoms with Crippen molar-refractivity contribution in [3.8, 4) is 0 Å². The molecular weight excluding hydrogens is 230 g/mol. The molecular formula is C13H27N3O2. The molecule has 0 aliphatic rings. The number of rotatable bonds is 8. The summed E-state index contributed by atoms with van der Waals surface area (Å²) in [4.78, 5) is 15.6. The summed E-state index contributed by atoms with van der Waals surface area (Å²) in [5.74, 6) is 0.339. The third-order valence-corrected chi connectivity index (χ3v) is 2.54. The molecule has 0 amide bonds. The number of hydrogen-bond donors (Lipinski definition) is 2. The fraction of sp³-hybridized carbons (Fsp3) is 0.846. The van der Waals surface area contributed by atoms with Gasteiger partial charge in [-0.3, -0.25) is 9.79 Å². The van der Waals surface area contributed by atoms with Crippen molar-refractivity contribution in [3.63, 3.8) is 0 Å². The Labute approximate surface area is 110 Å². The zero-order valence-electron chi connectivity index (χ0n) is 12.1. The van der Waals surface area contributed by atoms with Crippen LogP contribution in [0.2, 0.25) is 0 Å². The Morgan fingerprint density at radius 3 is 2.56 bits per heavy atom. The van der Waals surface area contributed by atoms with Gasteiger partial charge in [0, 0.05) is 13.1 Å². The van der Waals surface area contributed by atoms with Gasteiger partial charge < -0.3 is 15.4 Å². The molecule has 0 aromatic rings. The van der Waals surface area contributed by atoms with Crippen molar-refractivity contribution in [2.45, 2.75) is 40.0 Å². The van der Waals surface area contributed by atoms with Crippen LogP contribution in [0.3, 0.4) is 0 Å². The van der Waals surface area contributed by atoms with E-state index >= 15 is 0 Å². The number of aliphatic imine (C=N–C) groups is 1. The van der Waals surface area contributed by atoms with Crippen molar-refractivity contribution >= 4 is 11.9 Å². The third-order valence-electron chi connectivity index (χ3n) is 2.54. The largest absolute Gasteiger partial charge is 0.469 e. The Hall–Kier alpha value is -1.26. The molecule has 0 bridgehead atoms. The summed E-state index contributed by atoms with van der Waals surface area (Å²) >= 11 is 0. The number of esters is 1. The van der Waals surface area contributed by atoms with E-state index in [1.165, 1.54) is 20.0 Å². The normalized spacial score (nSPS) is 13.0. The molecule has 5 nitrogen and oxygen atoms in total. The number of methoxy groups -OCH3 is 1. The predicted octanol–water partition coefficient (Wildman–Crippen LogP) is 1.54. The number of ether oxygens (including phenoxy) is 1. The lowest BCUT2D eigenvalue weighted by Crippen LogP contribution is -2.38. The van der Waals surface area contributed by atoms with Crippen LogP contribution in [0.4, 0.5) is 0 Å². The summed E-state index contributed by atoms with van der Waals surface area (Å²) in [5, 5.41) is 6.41. The van der Waals surface area contributed by atoms with E-state index in [0.29, 0.717) is 6.54 Å². The molecule has 18 heavy (non-hydrogen) atoms. The Bertz CT molecular complexity index is 255. The molecule has 0 heterocycles. The molecule has 0 aromatic heterocycles. The van der Waals surface area contributed by atoms with Crippen LogP contribution in [-0.2, 0) is 9.53 Å². The molecule has 1 unspecified atom stereocenters. The number of hydrogen-bond acceptors (Lipinski definition) is 3. The second-order valence-corrected chi connectivity index (χ2v) is 4.28. The van der Waals surface area contributed by atoms with Gasteiger partial charge in [-0.2, -0.15) is 0 Å². The highest BCUT2D eigenvalue weighted by Crippen LogP contribution is 1.98. The Kier molecular flexibility index (Phi) is 10.1. The molecule has 1 atom stereocenters. The Morgan fingerprint density at radius 1 is 1.28 bits per heavy atom. The lowest BCUT2D eigenvalue weighted by molar-refractivity contribution is -0.144. The number of unbranched alkanes of at least 4 members (excludes halogenated alkanes) is 2. The standard InChI is InChI=1S/C13H27N3O2/c1-5-7-8-9-15-13(14-6-2)16-10-11(3)12(17)18-4/h11H,5-10H2,1-4H3,(H2,14,15,16). The van der Waals surface area contributed by atoms with E-state index in [-0.39, 0.29) is 11.9 Å². The van der Waals surface area contributed by atoms with Crippen LogP contribution in [0.25, 0.3) is 0 Å². The van der Waals surface area contributed by atoms with E-state index in [1.54, 1.807) is 0 Å². The van der Waals surface area contributed by atoms with Gasteiger partial charge in [0.15, 0.2) is 5.96 Å². The quantitative estimate of drug-likeness (QED) is 0.300. The first-order valence-electron chi connectivity index (χ1n) is 6.75. The highest BCUT2D eigenvalue weighted by molar-refractivity contribution is 5.80. The van der Waals surface area contributed by atoms with Crippen LogP contribution in [-0.4, -0.2) is 38.7 Å². The summed E-state index contributed by atoms with van der Waals surface area (Å²) < 4.78 is 4.67. The van der Waals surface area contributed by atoms with Crippen LogP contribution >= 0.6 is 0 Å². The molecule has 0 saturated carbocycles. The Balaban J connectivity index is 4.09. The summed E-state index contributed by atoms with van der Waals surface area (Å²) in [7, 11) is 1.40. The van der Waals surface area contributed by atoms with Crippen LogP contribution in [0, 0.1) is 5.92 Å². The minimum atomic E-state index is -0.222.